The second-order valence-corrected chi connectivity index (χ2v) is 6.46. The van der Waals surface area contributed by atoms with Crippen molar-refractivity contribution < 1.29 is 18.7 Å². The molecule has 2 aromatic heterocycles. The molecule has 2 aromatic rings. The molecule has 0 bridgehead atoms. The Morgan fingerprint density at radius 3 is 3.00 bits per heavy atom. The van der Waals surface area contributed by atoms with Gasteiger partial charge in [0.1, 0.15) is 17.9 Å². The molecule has 2 N–H and O–H groups in total. The average Bonchev–Trinajstić information content (AvgIpc) is 2.95. The van der Waals surface area contributed by atoms with Gasteiger partial charge in [-0.1, -0.05) is 0 Å². The molecule has 1 aliphatic heterocycles. The minimum atomic E-state index is -0.840. The fraction of sp³-hybridized carbons (Fsp3) is 0.583. The lowest BCUT2D eigenvalue weighted by Crippen LogP contribution is -2.36. The molecule has 0 aromatic carbocycles. The zero-order chi connectivity index (χ0) is 15.5. The van der Waals surface area contributed by atoms with Gasteiger partial charge in [0, 0.05) is 14.2 Å². The van der Waals surface area contributed by atoms with Gasteiger partial charge in [-0.2, -0.15) is 0 Å². The maximum atomic E-state index is 6.14. The van der Waals surface area contributed by atoms with Crippen molar-refractivity contribution in [2.24, 2.45) is 0 Å². The van der Waals surface area contributed by atoms with Crippen molar-refractivity contribution in [2.45, 2.75) is 12.3 Å². The van der Waals surface area contributed by atoms with E-state index in [0.29, 0.717) is 36.3 Å². The normalized spacial score (nSPS) is 25.6. The highest BCUT2D eigenvalue weighted by atomic mass is 31.1. The molecule has 9 nitrogen and oxygen atoms in total. The summed E-state index contributed by atoms with van der Waals surface area (Å²) in [6, 6.07) is 0. The van der Waals surface area contributed by atoms with E-state index in [9.17, 15) is 0 Å². The molecular weight excluding hydrogens is 309 g/mol. The van der Waals surface area contributed by atoms with Gasteiger partial charge in [-0.15, -0.1) is 0 Å². The fourth-order valence-electron chi connectivity index (χ4n) is 2.30. The van der Waals surface area contributed by atoms with Crippen LogP contribution in [0.3, 0.4) is 0 Å². The van der Waals surface area contributed by atoms with Crippen molar-refractivity contribution >= 4 is 25.1 Å². The topological polar surface area (TPSA) is 107 Å². The molecule has 3 atom stereocenters. The van der Waals surface area contributed by atoms with E-state index < -0.39 is 14.4 Å². The van der Waals surface area contributed by atoms with Gasteiger partial charge < -0.3 is 24.5 Å². The zero-order valence-electron chi connectivity index (χ0n) is 12.4. The van der Waals surface area contributed by atoms with Gasteiger partial charge in [0.2, 0.25) is 0 Å². The number of aromatic nitrogens is 4. The van der Waals surface area contributed by atoms with E-state index in [-0.39, 0.29) is 6.10 Å². The SMILES string of the molecule is COCC1OCP(COC)OC1n1cnc2c(N)ncnc21. The summed E-state index contributed by atoms with van der Waals surface area (Å²) in [6.45, 7) is 0.404. The molecule has 3 heterocycles. The largest absolute Gasteiger partial charge is 0.382 e. The van der Waals surface area contributed by atoms with E-state index >= 15 is 0 Å². The molecular formula is C12H18N5O4P. The zero-order valence-corrected chi connectivity index (χ0v) is 13.3. The minimum Gasteiger partial charge on any atom is -0.382 e. The predicted octanol–water partition coefficient (Wildman–Crippen LogP) is 0.927. The Balaban J connectivity index is 1.94. The molecule has 3 rings (SSSR count). The standard InChI is InChI=1S/C12H18N5O4P/c1-18-3-8-12(21-22(6-19-2)7-20-8)17-5-16-9-10(13)14-4-15-11(9)17/h4-5,8,12H,3,6-7H2,1-2H3,(H2,13,14,15). The number of rotatable bonds is 5. The lowest BCUT2D eigenvalue weighted by atomic mass is 10.3. The first-order valence-electron chi connectivity index (χ1n) is 6.68. The minimum absolute atomic E-state index is 0.255. The van der Waals surface area contributed by atoms with Crippen LogP contribution in [-0.4, -0.2) is 59.1 Å². The van der Waals surface area contributed by atoms with Gasteiger partial charge >= 0.3 is 0 Å². The summed E-state index contributed by atoms with van der Waals surface area (Å²) in [6.07, 6.45) is 3.41. The predicted molar refractivity (Wildman–Crippen MR) is 80.3 cm³/mol. The second-order valence-electron chi connectivity index (χ2n) is 4.77. The van der Waals surface area contributed by atoms with Crippen LogP contribution in [-0.2, 0) is 18.7 Å². The molecule has 120 valence electrons. The van der Waals surface area contributed by atoms with Gasteiger partial charge in [0.15, 0.2) is 17.7 Å². The number of nitrogens with two attached hydrogens (primary N) is 1. The number of imidazole rings is 1. The smallest absolute Gasteiger partial charge is 0.169 e. The van der Waals surface area contributed by atoms with Gasteiger partial charge in [-0.25, -0.2) is 15.0 Å². The number of hydrogen-bond donors (Lipinski definition) is 1. The average molecular weight is 327 g/mol. The highest BCUT2D eigenvalue weighted by molar-refractivity contribution is 7.52. The Hall–Kier alpha value is -1.38. The van der Waals surface area contributed by atoms with Crippen LogP contribution in [0, 0.1) is 0 Å². The first-order valence-corrected chi connectivity index (χ1v) is 8.31. The van der Waals surface area contributed by atoms with Crippen molar-refractivity contribution in [3.63, 3.8) is 0 Å². The van der Waals surface area contributed by atoms with Crippen LogP contribution in [0.25, 0.3) is 11.2 Å². The third kappa shape index (κ3) is 2.90. The molecule has 0 spiro atoms. The van der Waals surface area contributed by atoms with Crippen molar-refractivity contribution in [3.05, 3.63) is 12.7 Å². The first-order chi connectivity index (χ1) is 10.7. The van der Waals surface area contributed by atoms with Crippen LogP contribution in [0.5, 0.6) is 0 Å². The number of hydrogen-bond acceptors (Lipinski definition) is 8. The lowest BCUT2D eigenvalue weighted by Gasteiger charge is -2.36. The van der Waals surface area contributed by atoms with E-state index in [1.165, 1.54) is 6.33 Å². The summed E-state index contributed by atoms with van der Waals surface area (Å²) >= 11 is 0. The van der Waals surface area contributed by atoms with Crippen molar-refractivity contribution in [1.29, 1.82) is 0 Å². The van der Waals surface area contributed by atoms with Crippen LogP contribution in [0.1, 0.15) is 6.23 Å². The van der Waals surface area contributed by atoms with Gasteiger partial charge in [-0.3, -0.25) is 4.57 Å². The Kier molecular flexibility index (Phi) is 4.80. The van der Waals surface area contributed by atoms with Crippen LogP contribution in [0.15, 0.2) is 12.7 Å². The van der Waals surface area contributed by atoms with E-state index in [4.69, 9.17) is 24.5 Å². The Morgan fingerprint density at radius 2 is 2.23 bits per heavy atom. The first kappa shape index (κ1) is 15.5. The molecule has 1 aliphatic rings. The monoisotopic (exact) mass is 327 g/mol. The molecule has 3 unspecified atom stereocenters. The molecule has 0 amide bonds. The number of anilines is 1. The quantitative estimate of drug-likeness (QED) is 0.808. The summed E-state index contributed by atoms with van der Waals surface area (Å²) in [5.41, 5.74) is 6.98. The highest BCUT2D eigenvalue weighted by Crippen LogP contribution is 2.47. The number of methoxy groups -OCH3 is 2. The van der Waals surface area contributed by atoms with Crippen LogP contribution < -0.4 is 5.73 Å². The van der Waals surface area contributed by atoms with Crippen LogP contribution >= 0.6 is 8.15 Å². The summed E-state index contributed by atoms with van der Waals surface area (Å²) < 4.78 is 24.2. The third-order valence-corrected chi connectivity index (χ3v) is 4.77. The highest BCUT2D eigenvalue weighted by Gasteiger charge is 2.35. The Morgan fingerprint density at radius 1 is 1.36 bits per heavy atom. The fourth-order valence-corrected chi connectivity index (χ4v) is 3.69. The molecule has 0 radical (unpaired) electrons. The second kappa shape index (κ2) is 6.80. The summed E-state index contributed by atoms with van der Waals surface area (Å²) in [7, 11) is 2.43. The summed E-state index contributed by atoms with van der Waals surface area (Å²) in [4.78, 5) is 12.5. The van der Waals surface area contributed by atoms with Crippen LogP contribution in [0.4, 0.5) is 5.82 Å². The third-order valence-electron chi connectivity index (χ3n) is 3.27. The number of nitrogen functional groups attached to an aromatic ring is 1. The molecule has 22 heavy (non-hydrogen) atoms. The molecule has 0 aliphatic carbocycles. The van der Waals surface area contributed by atoms with Crippen molar-refractivity contribution in [2.75, 3.05) is 39.3 Å². The Bertz CT molecular complexity index is 639. The van der Waals surface area contributed by atoms with Crippen molar-refractivity contribution in [3.8, 4) is 0 Å². The van der Waals surface area contributed by atoms with Crippen molar-refractivity contribution in [1.82, 2.24) is 19.5 Å². The van der Waals surface area contributed by atoms with Gasteiger partial charge in [0.25, 0.3) is 0 Å². The summed E-state index contributed by atoms with van der Waals surface area (Å²) in [5, 5.41) is 0. The molecule has 1 fully saturated rings. The number of nitrogens with zero attached hydrogens (tertiary/aromatic N) is 4. The van der Waals surface area contributed by atoms with E-state index in [1.54, 1.807) is 25.1 Å². The molecule has 10 heteroatoms. The van der Waals surface area contributed by atoms with E-state index in [0.717, 1.165) is 0 Å². The number of fused-ring (bicyclic) bond motifs is 1. The van der Waals surface area contributed by atoms with E-state index in [1.807, 2.05) is 0 Å². The Labute approximate surface area is 128 Å². The van der Waals surface area contributed by atoms with Gasteiger partial charge in [0.05, 0.1) is 33.8 Å². The lowest BCUT2D eigenvalue weighted by molar-refractivity contribution is -0.0953. The van der Waals surface area contributed by atoms with Crippen LogP contribution in [0.2, 0.25) is 0 Å². The molecule has 0 saturated carbocycles. The maximum absolute atomic E-state index is 6.14. The maximum Gasteiger partial charge on any atom is 0.169 e. The van der Waals surface area contributed by atoms with E-state index in [2.05, 4.69) is 15.0 Å². The summed E-state index contributed by atoms with van der Waals surface area (Å²) in [5.74, 6) is 0.336. The number of ether oxygens (including phenoxy) is 3. The molecule has 1 saturated heterocycles. The van der Waals surface area contributed by atoms with Gasteiger partial charge in [-0.05, 0) is 0 Å².